The molecule has 2 saturated heterocycles. The van der Waals surface area contributed by atoms with Crippen molar-refractivity contribution in [2.45, 2.75) is 45.4 Å². The predicted molar refractivity (Wildman–Crippen MR) is 143 cm³/mol. The molecule has 4 heterocycles. The number of nitrogens with zero attached hydrogens (tertiary/aromatic N) is 4. The maximum Gasteiger partial charge on any atom is 0.321 e. The van der Waals surface area contributed by atoms with Gasteiger partial charge in [0.2, 0.25) is 5.95 Å². The van der Waals surface area contributed by atoms with E-state index in [1.54, 1.807) is 6.92 Å². The Morgan fingerprint density at radius 1 is 1.16 bits per heavy atom. The van der Waals surface area contributed by atoms with Crippen LogP contribution in [0.1, 0.15) is 51.0 Å². The minimum atomic E-state index is -0.745. The molecule has 0 aliphatic carbocycles. The fourth-order valence-electron chi connectivity index (χ4n) is 4.94. The highest BCUT2D eigenvalue weighted by Crippen LogP contribution is 2.40. The molecule has 0 radical (unpaired) electrons. The third-order valence-corrected chi connectivity index (χ3v) is 8.41. The lowest BCUT2D eigenvalue weighted by Gasteiger charge is -2.36. The zero-order valence-corrected chi connectivity index (χ0v) is 21.9. The van der Waals surface area contributed by atoms with Crippen LogP contribution in [0, 0.1) is 5.41 Å². The molecule has 3 N–H and O–H groups in total. The summed E-state index contributed by atoms with van der Waals surface area (Å²) in [6.45, 7) is 6.91. The van der Waals surface area contributed by atoms with Gasteiger partial charge in [-0.25, -0.2) is 19.7 Å². The van der Waals surface area contributed by atoms with E-state index in [0.29, 0.717) is 49.5 Å². The number of urea groups is 1. The van der Waals surface area contributed by atoms with Crippen LogP contribution in [0.15, 0.2) is 24.5 Å². The molecule has 37 heavy (non-hydrogen) atoms. The van der Waals surface area contributed by atoms with E-state index in [2.05, 4.69) is 26.7 Å². The van der Waals surface area contributed by atoms with Gasteiger partial charge in [-0.1, -0.05) is 11.3 Å². The summed E-state index contributed by atoms with van der Waals surface area (Å²) in [6, 6.07) is 3.96. The van der Waals surface area contributed by atoms with Gasteiger partial charge in [0.05, 0.1) is 15.6 Å². The minimum absolute atomic E-state index is 0.264. The standard InChI is InChI=1S/C26H32N6O4S/c1-3-27-24(35)31-25-30-20-13-17(12-19(21(20)37-25)16-4-10-36-11-5-16)18-14-28-23(29-15-18)32-8-6-26(2,7-9-32)22(33)34/h12-16H,3-11H2,1-2H3,(H,33,34)(H2,27,30,31,35). The van der Waals surface area contributed by atoms with Gasteiger partial charge in [-0.15, -0.1) is 0 Å². The Hall–Kier alpha value is -3.31. The summed E-state index contributed by atoms with van der Waals surface area (Å²) in [5.41, 5.74) is 3.23. The number of hydrogen-bond donors (Lipinski definition) is 3. The second-order valence-corrected chi connectivity index (χ2v) is 10.9. The van der Waals surface area contributed by atoms with Crippen LogP contribution in [0.3, 0.4) is 0 Å². The summed E-state index contributed by atoms with van der Waals surface area (Å²) < 4.78 is 6.67. The molecule has 1 aromatic carbocycles. The van der Waals surface area contributed by atoms with Crippen LogP contribution in [0.25, 0.3) is 21.3 Å². The van der Waals surface area contributed by atoms with Gasteiger partial charge < -0.3 is 20.1 Å². The summed E-state index contributed by atoms with van der Waals surface area (Å²) in [6.07, 6.45) is 6.65. The number of carbonyl (C=O) groups is 2. The molecule has 0 unspecified atom stereocenters. The Balaban J connectivity index is 1.42. The fraction of sp³-hybridized carbons (Fsp3) is 0.500. The molecule has 2 aliphatic rings. The predicted octanol–water partition coefficient (Wildman–Crippen LogP) is 4.48. The van der Waals surface area contributed by atoms with Crippen molar-refractivity contribution in [1.82, 2.24) is 20.3 Å². The zero-order valence-electron chi connectivity index (χ0n) is 21.1. The van der Waals surface area contributed by atoms with Crippen molar-refractivity contribution in [3.63, 3.8) is 0 Å². The first kappa shape index (κ1) is 25.3. The summed E-state index contributed by atoms with van der Waals surface area (Å²) in [7, 11) is 0. The number of aromatic nitrogens is 3. The number of benzene rings is 1. The van der Waals surface area contributed by atoms with Gasteiger partial charge in [0.1, 0.15) is 0 Å². The summed E-state index contributed by atoms with van der Waals surface area (Å²) >= 11 is 1.50. The van der Waals surface area contributed by atoms with Crippen LogP contribution in [0.4, 0.5) is 15.9 Å². The number of thiazole rings is 1. The molecule has 3 aromatic rings. The molecule has 196 valence electrons. The first-order valence-corrected chi connectivity index (χ1v) is 13.6. The number of anilines is 2. The lowest BCUT2D eigenvalue weighted by Crippen LogP contribution is -2.43. The van der Waals surface area contributed by atoms with E-state index in [4.69, 9.17) is 9.72 Å². The molecule has 0 spiro atoms. The Kier molecular flexibility index (Phi) is 7.25. The van der Waals surface area contributed by atoms with Crippen LogP contribution in [0.2, 0.25) is 0 Å². The Morgan fingerprint density at radius 2 is 1.86 bits per heavy atom. The number of rotatable bonds is 6. The molecule has 2 aliphatic heterocycles. The number of nitrogens with one attached hydrogen (secondary N) is 2. The average Bonchev–Trinajstić information content (AvgIpc) is 3.31. The van der Waals surface area contributed by atoms with Crippen LogP contribution < -0.4 is 15.5 Å². The normalized spacial score (nSPS) is 18.1. The number of carboxylic acids is 1. The number of carboxylic acid groups (broad SMARTS) is 1. The number of ether oxygens (including phenoxy) is 1. The number of aliphatic carboxylic acids is 1. The second kappa shape index (κ2) is 10.6. The Morgan fingerprint density at radius 3 is 2.51 bits per heavy atom. The molecule has 10 nitrogen and oxygen atoms in total. The third kappa shape index (κ3) is 5.37. The summed E-state index contributed by atoms with van der Waals surface area (Å²) in [5.74, 6) is 0.223. The molecular weight excluding hydrogens is 492 g/mol. The van der Waals surface area contributed by atoms with E-state index in [-0.39, 0.29) is 6.03 Å². The van der Waals surface area contributed by atoms with Gasteiger partial charge in [-0.3, -0.25) is 10.1 Å². The van der Waals surface area contributed by atoms with E-state index in [0.717, 1.165) is 47.4 Å². The lowest BCUT2D eigenvalue weighted by atomic mass is 9.80. The number of hydrogen-bond acceptors (Lipinski definition) is 8. The highest BCUT2D eigenvalue weighted by Gasteiger charge is 2.37. The zero-order chi connectivity index (χ0) is 26.0. The topological polar surface area (TPSA) is 130 Å². The summed E-state index contributed by atoms with van der Waals surface area (Å²) in [4.78, 5) is 39.6. The summed E-state index contributed by atoms with van der Waals surface area (Å²) in [5, 5.41) is 15.6. The second-order valence-electron chi connectivity index (χ2n) is 9.93. The smallest absolute Gasteiger partial charge is 0.321 e. The molecule has 2 fully saturated rings. The van der Waals surface area contributed by atoms with Crippen molar-refractivity contribution >= 4 is 44.6 Å². The monoisotopic (exact) mass is 524 g/mol. The average molecular weight is 525 g/mol. The Bertz CT molecular complexity index is 1280. The maximum absolute atomic E-state index is 12.1. The van der Waals surface area contributed by atoms with Crippen molar-refractivity contribution < 1.29 is 19.4 Å². The molecule has 0 saturated carbocycles. The van der Waals surface area contributed by atoms with Crippen molar-refractivity contribution in [2.24, 2.45) is 5.41 Å². The van der Waals surface area contributed by atoms with Gasteiger partial charge in [0.15, 0.2) is 5.13 Å². The highest BCUT2D eigenvalue weighted by molar-refractivity contribution is 7.22. The van der Waals surface area contributed by atoms with Gasteiger partial charge in [-0.05, 0) is 68.7 Å². The molecule has 2 amide bonds. The van der Waals surface area contributed by atoms with E-state index in [9.17, 15) is 14.7 Å². The molecule has 0 bridgehead atoms. The number of piperidine rings is 1. The first-order valence-electron chi connectivity index (χ1n) is 12.7. The van der Waals surface area contributed by atoms with E-state index in [1.165, 1.54) is 16.9 Å². The van der Waals surface area contributed by atoms with Crippen LogP contribution in [-0.2, 0) is 9.53 Å². The van der Waals surface area contributed by atoms with Gasteiger partial charge in [0, 0.05) is 50.8 Å². The van der Waals surface area contributed by atoms with Crippen LogP contribution in [0.5, 0.6) is 0 Å². The first-order chi connectivity index (χ1) is 17.9. The number of amides is 2. The quantitative estimate of drug-likeness (QED) is 0.430. The molecular formula is C26H32N6O4S. The SMILES string of the molecule is CCNC(=O)Nc1nc2cc(-c3cnc(N4CCC(C)(C(=O)O)CC4)nc3)cc(C3CCOCC3)c2s1. The van der Waals surface area contributed by atoms with E-state index >= 15 is 0 Å². The highest BCUT2D eigenvalue weighted by atomic mass is 32.1. The van der Waals surface area contributed by atoms with Crippen molar-refractivity contribution in [2.75, 3.05) is 43.1 Å². The maximum atomic E-state index is 12.1. The fourth-order valence-corrected chi connectivity index (χ4v) is 5.97. The van der Waals surface area contributed by atoms with Gasteiger partial charge in [-0.2, -0.15) is 0 Å². The third-order valence-electron chi connectivity index (χ3n) is 7.38. The number of carbonyl (C=O) groups excluding carboxylic acids is 1. The number of fused-ring (bicyclic) bond motifs is 1. The van der Waals surface area contributed by atoms with Crippen LogP contribution >= 0.6 is 11.3 Å². The van der Waals surface area contributed by atoms with Crippen molar-refractivity contribution in [3.05, 3.63) is 30.1 Å². The molecule has 11 heteroatoms. The van der Waals surface area contributed by atoms with Crippen molar-refractivity contribution in [1.29, 1.82) is 0 Å². The van der Waals surface area contributed by atoms with Gasteiger partial charge >= 0.3 is 12.0 Å². The molecule has 2 aromatic heterocycles. The lowest BCUT2D eigenvalue weighted by molar-refractivity contribution is -0.149. The van der Waals surface area contributed by atoms with E-state index < -0.39 is 11.4 Å². The molecule has 5 rings (SSSR count). The van der Waals surface area contributed by atoms with Gasteiger partial charge in [0.25, 0.3) is 0 Å². The largest absolute Gasteiger partial charge is 0.481 e. The minimum Gasteiger partial charge on any atom is -0.481 e. The van der Waals surface area contributed by atoms with Crippen molar-refractivity contribution in [3.8, 4) is 11.1 Å². The molecule has 0 atom stereocenters. The van der Waals surface area contributed by atoms with E-state index in [1.807, 2.05) is 30.3 Å². The van der Waals surface area contributed by atoms with Crippen LogP contribution in [-0.4, -0.2) is 64.9 Å². The Labute approximate surface area is 219 Å².